The number of carbonyl (C=O) groups is 1. The summed E-state index contributed by atoms with van der Waals surface area (Å²) in [7, 11) is 0. The van der Waals surface area contributed by atoms with Crippen molar-refractivity contribution in [3.8, 4) is 0 Å². The van der Waals surface area contributed by atoms with E-state index in [9.17, 15) is 4.79 Å². The van der Waals surface area contributed by atoms with Gasteiger partial charge in [0.05, 0.1) is 6.61 Å². The highest BCUT2D eigenvalue weighted by atomic mass is 16.7. The number of amides is 1. The molecule has 0 aromatic carbocycles. The maximum Gasteiger partial charge on any atom is 0.411 e. The van der Waals surface area contributed by atoms with Crippen molar-refractivity contribution in [1.29, 1.82) is 0 Å². The van der Waals surface area contributed by atoms with Crippen molar-refractivity contribution >= 4 is 6.09 Å². The molecule has 0 spiro atoms. The summed E-state index contributed by atoms with van der Waals surface area (Å²) < 4.78 is 15.4. The van der Waals surface area contributed by atoms with Gasteiger partial charge in [-0.15, -0.1) is 0 Å². The lowest BCUT2D eigenvalue weighted by Crippen LogP contribution is -2.42. The van der Waals surface area contributed by atoms with Crippen molar-refractivity contribution in [2.75, 3.05) is 19.8 Å². The van der Waals surface area contributed by atoms with Crippen molar-refractivity contribution in [2.45, 2.75) is 39.7 Å². The van der Waals surface area contributed by atoms with Gasteiger partial charge in [0, 0.05) is 13.2 Å². The second kappa shape index (κ2) is 7.43. The van der Waals surface area contributed by atoms with Gasteiger partial charge in [0.25, 0.3) is 0 Å². The van der Waals surface area contributed by atoms with E-state index in [0.29, 0.717) is 19.8 Å². The molecule has 0 aliphatic carbocycles. The molecule has 0 saturated carbocycles. The zero-order valence-electron chi connectivity index (χ0n) is 10.4. The highest BCUT2D eigenvalue weighted by molar-refractivity contribution is 5.67. The minimum atomic E-state index is -0.816. The topological polar surface area (TPSA) is 82.8 Å². The third-order valence-electron chi connectivity index (χ3n) is 1.34. The average molecular weight is 234 g/mol. The second-order valence-electron chi connectivity index (χ2n) is 4.09. The van der Waals surface area contributed by atoms with Gasteiger partial charge in [0.1, 0.15) is 5.60 Å². The molecule has 3 N–H and O–H groups in total. The van der Waals surface area contributed by atoms with Gasteiger partial charge in [-0.05, 0) is 27.7 Å². The Morgan fingerprint density at radius 1 is 1.38 bits per heavy atom. The molecule has 0 aliphatic rings. The Hall–Kier alpha value is -0.850. The van der Waals surface area contributed by atoms with Crippen LogP contribution in [0.3, 0.4) is 0 Å². The molecule has 6 heteroatoms. The Balaban J connectivity index is 4.02. The van der Waals surface area contributed by atoms with Crippen LogP contribution in [0.4, 0.5) is 4.79 Å². The summed E-state index contributed by atoms with van der Waals surface area (Å²) >= 11 is 0. The lowest BCUT2D eigenvalue weighted by Gasteiger charge is -2.23. The second-order valence-corrected chi connectivity index (χ2v) is 4.09. The van der Waals surface area contributed by atoms with Crippen LogP contribution in [0.25, 0.3) is 0 Å². The molecule has 0 heterocycles. The van der Waals surface area contributed by atoms with Crippen LogP contribution in [-0.2, 0) is 14.2 Å². The van der Waals surface area contributed by atoms with Crippen molar-refractivity contribution in [3.63, 3.8) is 0 Å². The summed E-state index contributed by atoms with van der Waals surface area (Å²) in [6.07, 6.45) is -1.40. The minimum absolute atomic E-state index is 0.306. The number of nitrogens with two attached hydrogens (primary N) is 1. The molecule has 6 nitrogen and oxygen atoms in total. The molecular formula is C10H22N2O4. The number of rotatable bonds is 6. The van der Waals surface area contributed by atoms with Crippen molar-refractivity contribution < 1.29 is 19.0 Å². The summed E-state index contributed by atoms with van der Waals surface area (Å²) in [4.78, 5) is 11.4. The minimum Gasteiger partial charge on any atom is -0.444 e. The van der Waals surface area contributed by atoms with E-state index in [1.54, 1.807) is 27.7 Å². The van der Waals surface area contributed by atoms with Crippen molar-refractivity contribution in [2.24, 2.45) is 5.73 Å². The lowest BCUT2D eigenvalue weighted by atomic mass is 10.2. The van der Waals surface area contributed by atoms with E-state index in [0.717, 1.165) is 0 Å². The molecule has 96 valence electrons. The van der Waals surface area contributed by atoms with Crippen LogP contribution in [0.5, 0.6) is 0 Å². The zero-order valence-corrected chi connectivity index (χ0v) is 10.4. The third kappa shape index (κ3) is 8.46. The molecule has 0 bridgehead atoms. The highest BCUT2D eigenvalue weighted by Gasteiger charge is 2.19. The first kappa shape index (κ1) is 15.2. The molecule has 0 saturated heterocycles. The fourth-order valence-corrected chi connectivity index (χ4v) is 0.862. The van der Waals surface area contributed by atoms with E-state index in [4.69, 9.17) is 19.9 Å². The van der Waals surface area contributed by atoms with Crippen LogP contribution >= 0.6 is 0 Å². The summed E-state index contributed by atoms with van der Waals surface area (Å²) in [5.41, 5.74) is 4.73. The quantitative estimate of drug-likeness (QED) is 0.664. The van der Waals surface area contributed by atoms with E-state index in [2.05, 4.69) is 5.32 Å². The van der Waals surface area contributed by atoms with Crippen molar-refractivity contribution in [1.82, 2.24) is 5.32 Å². The standard InChI is InChI=1S/C10H22N2O4/c1-5-14-9(15-7-6-11)12-8(13)16-10(2,3)4/h9H,5-7,11H2,1-4H3,(H,12,13). The Kier molecular flexibility index (Phi) is 7.03. The molecule has 0 fully saturated rings. The van der Waals surface area contributed by atoms with Crippen LogP contribution in [0.15, 0.2) is 0 Å². The Bertz CT molecular complexity index is 203. The van der Waals surface area contributed by atoms with E-state index in [-0.39, 0.29) is 0 Å². The smallest absolute Gasteiger partial charge is 0.411 e. The Labute approximate surface area is 96.4 Å². The maximum atomic E-state index is 11.4. The van der Waals surface area contributed by atoms with Gasteiger partial charge in [-0.25, -0.2) is 4.79 Å². The SMILES string of the molecule is CCOC(NC(=O)OC(C)(C)C)OCCN. The number of nitrogens with one attached hydrogen (secondary N) is 1. The van der Waals surface area contributed by atoms with Crippen molar-refractivity contribution in [3.05, 3.63) is 0 Å². The first-order valence-electron chi connectivity index (χ1n) is 5.32. The van der Waals surface area contributed by atoms with E-state index in [1.807, 2.05) is 0 Å². The number of alkyl carbamates (subject to hydrolysis) is 1. The molecule has 1 unspecified atom stereocenters. The van der Waals surface area contributed by atoms with Gasteiger partial charge < -0.3 is 19.9 Å². The lowest BCUT2D eigenvalue weighted by molar-refractivity contribution is -0.153. The molecule has 0 aliphatic heterocycles. The number of hydrogen-bond donors (Lipinski definition) is 2. The van der Waals surface area contributed by atoms with E-state index >= 15 is 0 Å². The fraction of sp³-hybridized carbons (Fsp3) is 0.900. The zero-order chi connectivity index (χ0) is 12.6. The summed E-state index contributed by atoms with van der Waals surface area (Å²) in [5, 5.41) is 2.45. The van der Waals surface area contributed by atoms with Gasteiger partial charge in [0.15, 0.2) is 0 Å². The fourth-order valence-electron chi connectivity index (χ4n) is 0.862. The summed E-state index contributed by atoms with van der Waals surface area (Å²) in [6.45, 7) is 8.23. The first-order chi connectivity index (χ1) is 7.39. The summed E-state index contributed by atoms with van der Waals surface area (Å²) in [6, 6.07) is 0. The first-order valence-corrected chi connectivity index (χ1v) is 5.32. The highest BCUT2D eigenvalue weighted by Crippen LogP contribution is 2.07. The third-order valence-corrected chi connectivity index (χ3v) is 1.34. The molecule has 0 aromatic rings. The number of carbonyl (C=O) groups excluding carboxylic acids is 1. The monoisotopic (exact) mass is 234 g/mol. The van der Waals surface area contributed by atoms with E-state index < -0.39 is 18.1 Å². The van der Waals surface area contributed by atoms with Crippen LogP contribution in [0.2, 0.25) is 0 Å². The van der Waals surface area contributed by atoms with Gasteiger partial charge in [0.2, 0.25) is 6.41 Å². The normalized spacial score (nSPS) is 13.3. The summed E-state index contributed by atoms with van der Waals surface area (Å²) in [5.74, 6) is 0. The number of ether oxygens (including phenoxy) is 3. The van der Waals surface area contributed by atoms with Crippen LogP contribution in [-0.4, -0.2) is 37.9 Å². The molecular weight excluding hydrogens is 212 g/mol. The maximum absolute atomic E-state index is 11.4. The molecule has 0 rings (SSSR count). The molecule has 16 heavy (non-hydrogen) atoms. The van der Waals surface area contributed by atoms with E-state index in [1.165, 1.54) is 0 Å². The van der Waals surface area contributed by atoms with Gasteiger partial charge in [-0.3, -0.25) is 5.32 Å². The average Bonchev–Trinajstić information content (AvgIpc) is 2.11. The van der Waals surface area contributed by atoms with Gasteiger partial charge in [-0.2, -0.15) is 0 Å². The Morgan fingerprint density at radius 2 is 2.00 bits per heavy atom. The van der Waals surface area contributed by atoms with Gasteiger partial charge in [-0.1, -0.05) is 0 Å². The largest absolute Gasteiger partial charge is 0.444 e. The predicted octanol–water partition coefficient (Wildman–Crippen LogP) is 0.807. The number of hydrogen-bond acceptors (Lipinski definition) is 5. The molecule has 0 radical (unpaired) electrons. The molecule has 0 aromatic heterocycles. The van der Waals surface area contributed by atoms with Crippen LogP contribution < -0.4 is 11.1 Å². The van der Waals surface area contributed by atoms with Crippen LogP contribution in [0, 0.1) is 0 Å². The molecule has 1 amide bonds. The van der Waals surface area contributed by atoms with Gasteiger partial charge >= 0.3 is 6.09 Å². The Morgan fingerprint density at radius 3 is 2.44 bits per heavy atom. The van der Waals surface area contributed by atoms with Crippen LogP contribution in [0.1, 0.15) is 27.7 Å². The predicted molar refractivity (Wildman–Crippen MR) is 59.8 cm³/mol. The molecule has 1 atom stereocenters.